The first-order valence-corrected chi connectivity index (χ1v) is 9.44. The highest BCUT2D eigenvalue weighted by Crippen LogP contribution is 2.14. The van der Waals surface area contributed by atoms with Crippen LogP contribution >= 0.6 is 0 Å². The number of nitrogens with one attached hydrogen (secondary N) is 1. The number of aromatic nitrogens is 4. The molecule has 0 aliphatic rings. The van der Waals surface area contributed by atoms with Gasteiger partial charge in [0.2, 0.25) is 0 Å². The van der Waals surface area contributed by atoms with Crippen molar-refractivity contribution in [2.24, 2.45) is 0 Å². The highest BCUT2D eigenvalue weighted by atomic mass is 16.6. The normalized spacial score (nSPS) is 13.5. The second-order valence-electron chi connectivity index (χ2n) is 8.73. The molecule has 9 nitrogen and oxygen atoms in total. The monoisotopic (exact) mass is 403 g/mol. The number of amides is 1. The number of rotatable bonds is 4. The number of carbonyl (C=O) groups is 2. The Morgan fingerprint density at radius 2 is 1.79 bits per heavy atom. The lowest BCUT2D eigenvalue weighted by atomic mass is 10.2. The van der Waals surface area contributed by atoms with E-state index in [2.05, 4.69) is 20.4 Å². The van der Waals surface area contributed by atoms with Gasteiger partial charge in [0.15, 0.2) is 5.65 Å². The fourth-order valence-electron chi connectivity index (χ4n) is 2.31. The number of nitrogens with zero attached hydrogens (tertiary/aromatic N) is 4. The Hall–Kier alpha value is -2.97. The zero-order valence-electron chi connectivity index (χ0n) is 18.0. The predicted octanol–water partition coefficient (Wildman–Crippen LogP) is 3.93. The lowest BCUT2D eigenvalue weighted by Gasteiger charge is -2.21. The van der Waals surface area contributed by atoms with Gasteiger partial charge in [0, 0.05) is 6.04 Å². The molecule has 158 valence electrons. The summed E-state index contributed by atoms with van der Waals surface area (Å²) < 4.78 is 11.6. The van der Waals surface area contributed by atoms with E-state index in [4.69, 9.17) is 9.47 Å². The second-order valence-corrected chi connectivity index (χ2v) is 8.73. The van der Waals surface area contributed by atoms with Crippen LogP contribution in [0.1, 0.15) is 60.6 Å². The van der Waals surface area contributed by atoms with Crippen LogP contribution in [0.3, 0.4) is 0 Å². The van der Waals surface area contributed by atoms with E-state index in [1.807, 2.05) is 33.8 Å². The Balaban J connectivity index is 1.99. The first-order valence-electron chi connectivity index (χ1n) is 9.44. The van der Waals surface area contributed by atoms with Gasteiger partial charge in [-0.15, -0.1) is 4.68 Å². The van der Waals surface area contributed by atoms with Crippen molar-refractivity contribution in [3.8, 4) is 0 Å². The molecule has 2 rings (SSSR count). The van der Waals surface area contributed by atoms with Crippen LogP contribution in [0, 0.1) is 0 Å². The van der Waals surface area contributed by atoms with Crippen molar-refractivity contribution in [3.63, 3.8) is 0 Å². The molecule has 0 aliphatic heterocycles. The molecular weight excluding hydrogens is 374 g/mol. The van der Waals surface area contributed by atoms with Crippen LogP contribution < -0.4 is 5.32 Å². The van der Waals surface area contributed by atoms with Crippen molar-refractivity contribution in [2.45, 2.75) is 72.1 Å². The Labute approximate surface area is 170 Å². The number of alkyl carbamates (subject to hydrolysis) is 1. The van der Waals surface area contributed by atoms with Crippen molar-refractivity contribution >= 4 is 29.4 Å². The minimum absolute atomic E-state index is 0.104. The summed E-state index contributed by atoms with van der Waals surface area (Å²) in [7, 11) is 0. The van der Waals surface area contributed by atoms with Gasteiger partial charge in [0.25, 0.3) is 0 Å². The van der Waals surface area contributed by atoms with E-state index in [-0.39, 0.29) is 6.04 Å². The predicted molar refractivity (Wildman–Crippen MR) is 109 cm³/mol. The number of carbonyl (C=O) groups excluding carboxylic acids is 2. The van der Waals surface area contributed by atoms with Gasteiger partial charge in [0.05, 0.1) is 18.1 Å². The number of hydrogen-bond acceptors (Lipinski definition) is 7. The summed E-state index contributed by atoms with van der Waals surface area (Å²) in [5.41, 5.74) is 0.268. The van der Waals surface area contributed by atoms with Crippen LogP contribution in [0.2, 0.25) is 0 Å². The van der Waals surface area contributed by atoms with Crippen molar-refractivity contribution in [1.29, 1.82) is 0 Å². The molecule has 29 heavy (non-hydrogen) atoms. The van der Waals surface area contributed by atoms with Crippen LogP contribution in [0.4, 0.5) is 9.59 Å². The number of ether oxygens (including phenoxy) is 2. The van der Waals surface area contributed by atoms with E-state index >= 15 is 0 Å². The molecule has 0 bridgehead atoms. The van der Waals surface area contributed by atoms with Crippen molar-refractivity contribution in [2.75, 3.05) is 0 Å². The molecule has 1 atom stereocenters. The molecule has 2 aromatic rings. The van der Waals surface area contributed by atoms with Crippen LogP contribution in [0.15, 0.2) is 18.5 Å². The molecule has 0 aliphatic carbocycles. The van der Waals surface area contributed by atoms with Crippen LogP contribution in [0.25, 0.3) is 17.2 Å². The third-order valence-corrected chi connectivity index (χ3v) is 3.40. The quantitative estimate of drug-likeness (QED) is 0.824. The lowest BCUT2D eigenvalue weighted by Crippen LogP contribution is -2.37. The molecule has 1 N–H and O–H groups in total. The molecule has 0 saturated carbocycles. The van der Waals surface area contributed by atoms with Gasteiger partial charge in [-0.2, -0.15) is 5.10 Å². The van der Waals surface area contributed by atoms with Gasteiger partial charge >= 0.3 is 12.2 Å². The van der Waals surface area contributed by atoms with Gasteiger partial charge in [-0.25, -0.2) is 19.6 Å². The molecule has 9 heteroatoms. The van der Waals surface area contributed by atoms with Gasteiger partial charge in [-0.1, -0.05) is 6.08 Å². The molecule has 0 saturated heterocycles. The summed E-state index contributed by atoms with van der Waals surface area (Å²) in [5.74, 6) is 0. The molecular formula is C20H29N5O4. The molecule has 0 aromatic carbocycles. The van der Waals surface area contributed by atoms with E-state index in [9.17, 15) is 9.59 Å². The van der Waals surface area contributed by atoms with Gasteiger partial charge < -0.3 is 14.8 Å². The fourth-order valence-corrected chi connectivity index (χ4v) is 2.31. The summed E-state index contributed by atoms with van der Waals surface area (Å²) in [5, 5.41) is 6.80. The topological polar surface area (TPSA) is 108 Å². The number of fused-ring (bicyclic) bond motifs is 1. The molecule has 0 radical (unpaired) electrons. The smallest absolute Gasteiger partial charge is 0.437 e. The maximum atomic E-state index is 12.2. The number of hydrogen-bond donors (Lipinski definition) is 1. The largest absolute Gasteiger partial charge is 0.444 e. The Morgan fingerprint density at radius 3 is 2.41 bits per heavy atom. The third-order valence-electron chi connectivity index (χ3n) is 3.40. The maximum absolute atomic E-state index is 12.2. The summed E-state index contributed by atoms with van der Waals surface area (Å²) in [4.78, 5) is 32.7. The average molecular weight is 403 g/mol. The molecule has 1 amide bonds. The van der Waals surface area contributed by atoms with E-state index < -0.39 is 23.4 Å². The summed E-state index contributed by atoms with van der Waals surface area (Å²) in [6.07, 6.45) is 6.24. The van der Waals surface area contributed by atoms with Crippen LogP contribution in [0.5, 0.6) is 0 Å². The average Bonchev–Trinajstić information content (AvgIpc) is 2.94. The summed E-state index contributed by atoms with van der Waals surface area (Å²) >= 11 is 0. The Morgan fingerprint density at radius 1 is 1.14 bits per heavy atom. The van der Waals surface area contributed by atoms with Crippen molar-refractivity contribution in [3.05, 3.63) is 24.2 Å². The van der Waals surface area contributed by atoms with E-state index in [1.165, 1.54) is 6.20 Å². The zero-order chi connectivity index (χ0) is 21.8. The third kappa shape index (κ3) is 7.17. The van der Waals surface area contributed by atoms with Crippen LogP contribution in [-0.4, -0.2) is 49.2 Å². The minimum atomic E-state index is -0.629. The summed E-state index contributed by atoms with van der Waals surface area (Å²) in [6, 6.07) is -0.104. The molecule has 2 heterocycles. The zero-order valence-corrected chi connectivity index (χ0v) is 18.0. The first kappa shape index (κ1) is 22.3. The molecule has 0 spiro atoms. The highest BCUT2D eigenvalue weighted by molar-refractivity contribution is 5.83. The summed E-state index contributed by atoms with van der Waals surface area (Å²) in [6.45, 7) is 12.7. The Bertz CT molecular complexity index is 906. The van der Waals surface area contributed by atoms with Gasteiger partial charge in [0.1, 0.15) is 16.7 Å². The second kappa shape index (κ2) is 8.59. The van der Waals surface area contributed by atoms with E-state index in [1.54, 1.807) is 33.0 Å². The lowest BCUT2D eigenvalue weighted by molar-refractivity contribution is 0.0502. The Kier molecular flexibility index (Phi) is 6.61. The molecule has 0 unspecified atom stereocenters. The fraction of sp³-hybridized carbons (Fsp3) is 0.550. The van der Waals surface area contributed by atoms with Gasteiger partial charge in [-0.05, 0) is 61.0 Å². The van der Waals surface area contributed by atoms with E-state index in [0.29, 0.717) is 23.3 Å². The van der Waals surface area contributed by atoms with Crippen LogP contribution in [-0.2, 0) is 9.47 Å². The van der Waals surface area contributed by atoms with Crippen molar-refractivity contribution in [1.82, 2.24) is 25.1 Å². The highest BCUT2D eigenvalue weighted by Gasteiger charge is 2.21. The maximum Gasteiger partial charge on any atom is 0.437 e. The SMILES string of the molecule is C[C@@H](C/C=C/c1cnc2c(cnn2C(=O)OC(C)(C)C)n1)NC(=O)OC(C)(C)C. The molecule has 0 fully saturated rings. The molecule has 2 aromatic heterocycles. The van der Waals surface area contributed by atoms with Gasteiger partial charge in [-0.3, -0.25) is 0 Å². The minimum Gasteiger partial charge on any atom is -0.444 e. The standard InChI is InChI=1S/C20H29N5O4/c1-13(23-17(26)28-19(2,3)4)9-8-10-14-11-21-16-15(24-14)12-22-25(16)18(27)29-20(5,6)7/h8,10-13H,9H2,1-7H3,(H,23,26)/b10-8+/t13-/m0/s1. The van der Waals surface area contributed by atoms with E-state index in [0.717, 1.165) is 4.68 Å². The van der Waals surface area contributed by atoms with Crippen molar-refractivity contribution < 1.29 is 19.1 Å². The first-order chi connectivity index (χ1) is 13.3.